The van der Waals surface area contributed by atoms with Gasteiger partial charge in [0.2, 0.25) is 0 Å². The number of halogens is 1. The molecular formula is C12H11BrN2O3. The van der Waals surface area contributed by atoms with Gasteiger partial charge in [0.15, 0.2) is 0 Å². The second-order valence-corrected chi connectivity index (χ2v) is 4.83. The molecule has 0 atom stereocenters. The first-order valence-electron chi connectivity index (χ1n) is 5.27. The second kappa shape index (κ2) is 4.81. The summed E-state index contributed by atoms with van der Waals surface area (Å²) in [6.07, 6.45) is 0.386. The molecule has 0 radical (unpaired) electrons. The number of hydrogen-bond donors (Lipinski definition) is 3. The zero-order valence-electron chi connectivity index (χ0n) is 9.58. The molecule has 1 aromatic heterocycles. The van der Waals surface area contributed by atoms with Crippen LogP contribution in [0.1, 0.15) is 16.8 Å². The summed E-state index contributed by atoms with van der Waals surface area (Å²) in [5.41, 5.74) is 1.02. The van der Waals surface area contributed by atoms with Crippen molar-refractivity contribution >= 4 is 15.9 Å². The van der Waals surface area contributed by atoms with Crippen molar-refractivity contribution in [1.82, 2.24) is 9.97 Å². The smallest absolute Gasteiger partial charge is 0.325 e. The topological polar surface area (TPSA) is 86.0 Å². The number of aromatic hydroxyl groups is 1. The van der Waals surface area contributed by atoms with Gasteiger partial charge in [0.1, 0.15) is 5.75 Å². The number of rotatable bonds is 2. The van der Waals surface area contributed by atoms with E-state index >= 15 is 0 Å². The Bertz CT molecular complexity index is 703. The van der Waals surface area contributed by atoms with Crippen LogP contribution in [0.15, 0.2) is 32.3 Å². The number of nitrogens with one attached hydrogen (secondary N) is 2. The van der Waals surface area contributed by atoms with E-state index in [9.17, 15) is 14.7 Å². The number of phenolic OH excluding ortho intramolecular Hbond substituents is 1. The van der Waals surface area contributed by atoms with E-state index < -0.39 is 5.69 Å². The molecule has 3 N–H and O–H groups in total. The summed E-state index contributed by atoms with van der Waals surface area (Å²) >= 11 is 3.21. The molecule has 18 heavy (non-hydrogen) atoms. The van der Waals surface area contributed by atoms with Crippen LogP contribution in [0.3, 0.4) is 0 Å². The molecule has 0 unspecified atom stereocenters. The van der Waals surface area contributed by atoms with Crippen molar-refractivity contribution in [1.29, 1.82) is 0 Å². The van der Waals surface area contributed by atoms with Crippen LogP contribution in [0.4, 0.5) is 0 Å². The van der Waals surface area contributed by atoms with Gasteiger partial charge in [-0.15, -0.1) is 0 Å². The third-order valence-corrected chi connectivity index (χ3v) is 3.28. The van der Waals surface area contributed by atoms with Gasteiger partial charge in [0.05, 0.1) is 4.47 Å². The average molecular weight is 311 g/mol. The zero-order valence-corrected chi connectivity index (χ0v) is 11.2. The third-order valence-electron chi connectivity index (χ3n) is 2.65. The van der Waals surface area contributed by atoms with E-state index in [-0.39, 0.29) is 11.3 Å². The first-order valence-corrected chi connectivity index (χ1v) is 6.06. The summed E-state index contributed by atoms with van der Waals surface area (Å²) in [7, 11) is 0. The van der Waals surface area contributed by atoms with Crippen molar-refractivity contribution in [2.24, 2.45) is 0 Å². The third kappa shape index (κ3) is 2.53. The molecule has 0 aliphatic rings. The summed E-state index contributed by atoms with van der Waals surface area (Å²) in [6, 6.07) is 5.01. The fraction of sp³-hybridized carbons (Fsp3) is 0.167. The summed E-state index contributed by atoms with van der Waals surface area (Å²) in [5.74, 6) is 0.144. The fourth-order valence-corrected chi connectivity index (χ4v) is 2.13. The van der Waals surface area contributed by atoms with Gasteiger partial charge in [-0.3, -0.25) is 9.78 Å². The van der Waals surface area contributed by atoms with Gasteiger partial charge in [-0.05, 0) is 40.5 Å². The molecule has 0 spiro atoms. The first-order chi connectivity index (χ1) is 8.47. The summed E-state index contributed by atoms with van der Waals surface area (Å²) in [4.78, 5) is 27.5. The molecule has 1 aromatic carbocycles. The molecule has 0 aliphatic carbocycles. The number of phenols is 1. The number of H-pyrrole nitrogens is 2. The molecule has 0 amide bonds. The van der Waals surface area contributed by atoms with Crippen molar-refractivity contribution < 1.29 is 5.11 Å². The molecular weight excluding hydrogens is 300 g/mol. The van der Waals surface area contributed by atoms with E-state index in [2.05, 4.69) is 25.9 Å². The van der Waals surface area contributed by atoms with Crippen LogP contribution in [0.25, 0.3) is 0 Å². The highest BCUT2D eigenvalue weighted by Gasteiger charge is 2.08. The Morgan fingerprint density at radius 2 is 2.00 bits per heavy atom. The van der Waals surface area contributed by atoms with Crippen molar-refractivity contribution in [2.45, 2.75) is 13.3 Å². The van der Waals surface area contributed by atoms with E-state index in [1.54, 1.807) is 25.1 Å². The Labute approximate surface area is 111 Å². The number of aryl methyl sites for hydroxylation is 1. The second-order valence-electron chi connectivity index (χ2n) is 3.97. The van der Waals surface area contributed by atoms with Crippen LogP contribution in [0.2, 0.25) is 0 Å². The van der Waals surface area contributed by atoms with Crippen LogP contribution in [0, 0.1) is 6.92 Å². The number of aromatic nitrogens is 2. The summed E-state index contributed by atoms with van der Waals surface area (Å²) in [5, 5.41) is 9.39. The summed E-state index contributed by atoms with van der Waals surface area (Å²) in [6.45, 7) is 1.68. The minimum atomic E-state index is -0.506. The minimum absolute atomic E-state index is 0.144. The normalized spacial score (nSPS) is 10.6. The predicted molar refractivity (Wildman–Crippen MR) is 71.0 cm³/mol. The van der Waals surface area contributed by atoms with Gasteiger partial charge in [0, 0.05) is 17.7 Å². The van der Waals surface area contributed by atoms with E-state index in [0.29, 0.717) is 22.2 Å². The molecule has 0 saturated carbocycles. The average Bonchev–Trinajstić information content (AvgIpc) is 2.28. The lowest BCUT2D eigenvalue weighted by atomic mass is 10.1. The Balaban J connectivity index is 2.43. The van der Waals surface area contributed by atoms with Crippen LogP contribution < -0.4 is 11.2 Å². The highest BCUT2D eigenvalue weighted by molar-refractivity contribution is 9.10. The summed E-state index contributed by atoms with van der Waals surface area (Å²) < 4.78 is 0.568. The SMILES string of the molecule is Cc1[nH]c(=O)[nH]c(=O)c1Cc1ccc(O)c(Br)c1. The number of aromatic amines is 2. The van der Waals surface area contributed by atoms with Crippen LogP contribution in [-0.2, 0) is 6.42 Å². The van der Waals surface area contributed by atoms with Gasteiger partial charge in [-0.25, -0.2) is 4.79 Å². The fourth-order valence-electron chi connectivity index (χ4n) is 1.70. The Morgan fingerprint density at radius 3 is 2.61 bits per heavy atom. The van der Waals surface area contributed by atoms with E-state index in [0.717, 1.165) is 5.56 Å². The first kappa shape index (κ1) is 12.6. The molecule has 5 nitrogen and oxygen atoms in total. The van der Waals surface area contributed by atoms with Crippen molar-refractivity contribution in [3.8, 4) is 5.75 Å². The van der Waals surface area contributed by atoms with Crippen molar-refractivity contribution in [2.75, 3.05) is 0 Å². The molecule has 94 valence electrons. The van der Waals surface area contributed by atoms with E-state index in [1.807, 2.05) is 0 Å². The Hall–Kier alpha value is -1.82. The lowest BCUT2D eigenvalue weighted by Crippen LogP contribution is -2.27. The molecule has 0 aliphatic heterocycles. The maximum atomic E-state index is 11.7. The van der Waals surface area contributed by atoms with Gasteiger partial charge in [-0.2, -0.15) is 0 Å². The molecule has 0 bridgehead atoms. The van der Waals surface area contributed by atoms with Crippen LogP contribution in [0.5, 0.6) is 5.75 Å². The van der Waals surface area contributed by atoms with Gasteiger partial charge in [-0.1, -0.05) is 6.07 Å². The zero-order chi connectivity index (χ0) is 13.3. The van der Waals surface area contributed by atoms with Crippen molar-refractivity contribution in [3.63, 3.8) is 0 Å². The van der Waals surface area contributed by atoms with Gasteiger partial charge >= 0.3 is 5.69 Å². The monoisotopic (exact) mass is 310 g/mol. The molecule has 2 rings (SSSR count). The van der Waals surface area contributed by atoms with Crippen LogP contribution in [-0.4, -0.2) is 15.1 Å². The molecule has 1 heterocycles. The van der Waals surface area contributed by atoms with Crippen molar-refractivity contribution in [3.05, 3.63) is 60.3 Å². The highest BCUT2D eigenvalue weighted by atomic mass is 79.9. The highest BCUT2D eigenvalue weighted by Crippen LogP contribution is 2.25. The quantitative estimate of drug-likeness (QED) is 0.784. The van der Waals surface area contributed by atoms with E-state index in [1.165, 1.54) is 0 Å². The standard InChI is InChI=1S/C12H11BrN2O3/c1-6-8(11(17)15-12(18)14-6)4-7-2-3-10(16)9(13)5-7/h2-3,5,16H,4H2,1H3,(H2,14,15,17,18). The minimum Gasteiger partial charge on any atom is -0.507 e. The lowest BCUT2D eigenvalue weighted by molar-refractivity contribution is 0.471. The Morgan fingerprint density at radius 1 is 1.28 bits per heavy atom. The molecule has 6 heteroatoms. The maximum absolute atomic E-state index is 11.7. The number of hydrogen-bond acceptors (Lipinski definition) is 3. The van der Waals surface area contributed by atoms with Gasteiger partial charge in [0.25, 0.3) is 5.56 Å². The maximum Gasteiger partial charge on any atom is 0.325 e. The lowest BCUT2D eigenvalue weighted by Gasteiger charge is -2.05. The molecule has 0 fully saturated rings. The predicted octanol–water partition coefficient (Wildman–Crippen LogP) is 1.43. The van der Waals surface area contributed by atoms with Crippen LogP contribution >= 0.6 is 15.9 Å². The van der Waals surface area contributed by atoms with Gasteiger partial charge < -0.3 is 10.1 Å². The Kier molecular flexibility index (Phi) is 3.38. The number of benzene rings is 1. The molecule has 2 aromatic rings. The largest absolute Gasteiger partial charge is 0.507 e. The molecule has 0 saturated heterocycles. The van der Waals surface area contributed by atoms with E-state index in [4.69, 9.17) is 0 Å².